The molecule has 1 aromatic carbocycles. The van der Waals surface area contributed by atoms with Crippen molar-refractivity contribution >= 4 is 0 Å². The molecule has 126 valence electrons. The Balaban J connectivity index is -0.000000225. The number of phenols is 2. The molecule has 5 heteroatoms. The van der Waals surface area contributed by atoms with Crippen molar-refractivity contribution in [2.45, 2.75) is 59.7 Å². The molecule has 0 bridgehead atoms. The smallest absolute Gasteiger partial charge is 0.115 e. The average molecular weight is 304 g/mol. The summed E-state index contributed by atoms with van der Waals surface area (Å²) in [6, 6.07) is 5.70. The van der Waals surface area contributed by atoms with E-state index in [9.17, 15) is 0 Å². The standard InChI is InChI=1S/C6H6O2.C4H10O2.C4H10O.C2H6/c7-5-1-2-6(8)4-3-5;1-4(6)2-3-5;1-3-4(2)5;1-2/h1-4,7-8H;4-6H,2-3H2,1H3;4-5H,3H2,1-2H3;1-2H3/t;;4-;/m..1./s1. The van der Waals surface area contributed by atoms with Gasteiger partial charge in [0, 0.05) is 6.61 Å². The highest BCUT2D eigenvalue weighted by molar-refractivity contribution is 5.28. The van der Waals surface area contributed by atoms with Gasteiger partial charge in [0.15, 0.2) is 0 Å². The zero-order chi connectivity index (χ0) is 17.3. The Bertz CT molecular complexity index is 262. The molecule has 1 aromatic rings. The van der Waals surface area contributed by atoms with E-state index in [4.69, 9.17) is 25.5 Å². The van der Waals surface area contributed by atoms with E-state index in [0.717, 1.165) is 6.42 Å². The van der Waals surface area contributed by atoms with Crippen LogP contribution in [0, 0.1) is 0 Å². The Morgan fingerprint density at radius 3 is 1.24 bits per heavy atom. The summed E-state index contributed by atoms with van der Waals surface area (Å²) in [5.74, 6) is 0.339. The van der Waals surface area contributed by atoms with Gasteiger partial charge in [-0.3, -0.25) is 0 Å². The van der Waals surface area contributed by atoms with Crippen molar-refractivity contribution in [3.05, 3.63) is 24.3 Å². The number of benzene rings is 1. The first-order chi connectivity index (χ1) is 9.83. The van der Waals surface area contributed by atoms with Gasteiger partial charge in [-0.15, -0.1) is 0 Å². The summed E-state index contributed by atoms with van der Waals surface area (Å²) in [5.41, 5.74) is 0. The van der Waals surface area contributed by atoms with Gasteiger partial charge in [0.2, 0.25) is 0 Å². The van der Waals surface area contributed by atoms with Crippen molar-refractivity contribution in [2.24, 2.45) is 0 Å². The molecular weight excluding hydrogens is 272 g/mol. The van der Waals surface area contributed by atoms with Crippen molar-refractivity contribution in [3.8, 4) is 11.5 Å². The number of phenolic OH excluding ortho intramolecular Hbond substituents is 2. The summed E-state index contributed by atoms with van der Waals surface area (Å²) in [6.07, 6.45) is 0.880. The second kappa shape index (κ2) is 18.7. The van der Waals surface area contributed by atoms with Gasteiger partial charge in [0.25, 0.3) is 0 Å². The first-order valence-electron chi connectivity index (χ1n) is 7.28. The van der Waals surface area contributed by atoms with Gasteiger partial charge in [-0.05, 0) is 51.0 Å². The van der Waals surface area contributed by atoms with E-state index in [2.05, 4.69) is 0 Å². The second-order valence-corrected chi connectivity index (χ2v) is 4.13. The van der Waals surface area contributed by atoms with Gasteiger partial charge >= 0.3 is 0 Å². The van der Waals surface area contributed by atoms with Gasteiger partial charge in [0.1, 0.15) is 11.5 Å². The van der Waals surface area contributed by atoms with Gasteiger partial charge in [0.05, 0.1) is 12.2 Å². The zero-order valence-corrected chi connectivity index (χ0v) is 13.8. The summed E-state index contributed by atoms with van der Waals surface area (Å²) >= 11 is 0. The Kier molecular flexibility index (Phi) is 22.0. The van der Waals surface area contributed by atoms with Crippen LogP contribution in [0.4, 0.5) is 0 Å². The Morgan fingerprint density at radius 2 is 1.14 bits per heavy atom. The van der Waals surface area contributed by atoms with Crippen LogP contribution in [0.15, 0.2) is 24.3 Å². The van der Waals surface area contributed by atoms with Gasteiger partial charge in [-0.1, -0.05) is 20.8 Å². The van der Waals surface area contributed by atoms with Crippen molar-refractivity contribution < 1.29 is 25.5 Å². The highest BCUT2D eigenvalue weighted by atomic mass is 16.3. The average Bonchev–Trinajstić information content (AvgIpc) is 2.45. The minimum atomic E-state index is -0.352. The summed E-state index contributed by atoms with van der Waals surface area (Å²) in [5, 5.41) is 42.1. The predicted octanol–water partition coefficient (Wildman–Crippen LogP) is 2.65. The van der Waals surface area contributed by atoms with Crippen LogP contribution in [-0.4, -0.2) is 44.3 Å². The van der Waals surface area contributed by atoms with Gasteiger partial charge < -0.3 is 25.5 Å². The molecule has 21 heavy (non-hydrogen) atoms. The largest absolute Gasteiger partial charge is 0.508 e. The lowest BCUT2D eigenvalue weighted by Gasteiger charge is -1.95. The molecule has 5 N–H and O–H groups in total. The lowest BCUT2D eigenvalue weighted by atomic mass is 10.3. The molecule has 0 saturated heterocycles. The summed E-state index contributed by atoms with van der Waals surface area (Å²) in [4.78, 5) is 0. The number of aliphatic hydroxyl groups is 3. The Labute approximate surface area is 128 Å². The predicted molar refractivity (Wildman–Crippen MR) is 86.5 cm³/mol. The molecule has 0 fully saturated rings. The van der Waals surface area contributed by atoms with Crippen LogP contribution in [0.3, 0.4) is 0 Å². The minimum absolute atomic E-state index is 0.0810. The van der Waals surface area contributed by atoms with E-state index in [1.165, 1.54) is 24.3 Å². The van der Waals surface area contributed by atoms with E-state index in [0.29, 0.717) is 6.42 Å². The summed E-state index contributed by atoms with van der Waals surface area (Å²) in [6.45, 7) is 9.46. The molecule has 0 amide bonds. The van der Waals surface area contributed by atoms with Crippen molar-refractivity contribution in [3.63, 3.8) is 0 Å². The number of hydrogen-bond acceptors (Lipinski definition) is 5. The summed E-state index contributed by atoms with van der Waals surface area (Å²) < 4.78 is 0. The zero-order valence-electron chi connectivity index (χ0n) is 13.8. The maximum atomic E-state index is 8.65. The molecule has 0 saturated carbocycles. The third-order valence-corrected chi connectivity index (χ3v) is 1.99. The van der Waals surface area contributed by atoms with Crippen LogP contribution in [0.1, 0.15) is 47.5 Å². The minimum Gasteiger partial charge on any atom is -0.508 e. The van der Waals surface area contributed by atoms with Crippen molar-refractivity contribution in [1.29, 1.82) is 0 Å². The van der Waals surface area contributed by atoms with Crippen molar-refractivity contribution in [2.75, 3.05) is 6.61 Å². The molecule has 0 spiro atoms. The first kappa shape index (κ1) is 24.7. The molecule has 0 aliphatic carbocycles. The van der Waals surface area contributed by atoms with Crippen LogP contribution in [0.2, 0.25) is 0 Å². The fourth-order valence-corrected chi connectivity index (χ4v) is 0.639. The number of aliphatic hydroxyl groups excluding tert-OH is 3. The maximum absolute atomic E-state index is 8.65. The van der Waals surface area contributed by atoms with Crippen LogP contribution in [-0.2, 0) is 0 Å². The topological polar surface area (TPSA) is 101 Å². The lowest BCUT2D eigenvalue weighted by molar-refractivity contribution is 0.148. The third kappa shape index (κ3) is 27.8. The van der Waals surface area contributed by atoms with Crippen LogP contribution in [0.5, 0.6) is 11.5 Å². The number of hydrogen-bond donors (Lipinski definition) is 5. The van der Waals surface area contributed by atoms with Gasteiger partial charge in [-0.2, -0.15) is 0 Å². The molecular formula is C16H32O5. The molecule has 1 rings (SSSR count). The Morgan fingerprint density at radius 1 is 0.857 bits per heavy atom. The second-order valence-electron chi connectivity index (χ2n) is 4.13. The van der Waals surface area contributed by atoms with E-state index in [1.54, 1.807) is 13.8 Å². The number of aromatic hydroxyl groups is 2. The van der Waals surface area contributed by atoms with Crippen LogP contribution < -0.4 is 0 Å². The molecule has 0 aliphatic heterocycles. The molecule has 0 radical (unpaired) electrons. The third-order valence-electron chi connectivity index (χ3n) is 1.99. The normalized spacial score (nSPS) is 11.4. The Hall–Kier alpha value is -1.30. The van der Waals surface area contributed by atoms with E-state index >= 15 is 0 Å². The highest BCUT2D eigenvalue weighted by Gasteiger charge is 1.88. The van der Waals surface area contributed by atoms with E-state index in [-0.39, 0.29) is 30.3 Å². The molecule has 0 aromatic heterocycles. The SMILES string of the molecule is CC.CC(O)CCO.CC[C@@H](C)O.Oc1ccc(O)cc1. The molecule has 0 aliphatic rings. The highest BCUT2D eigenvalue weighted by Crippen LogP contribution is 2.13. The van der Waals surface area contributed by atoms with E-state index < -0.39 is 0 Å². The molecule has 2 atom stereocenters. The molecule has 0 heterocycles. The quantitative estimate of drug-likeness (QED) is 0.553. The fraction of sp³-hybridized carbons (Fsp3) is 0.625. The number of rotatable bonds is 3. The fourth-order valence-electron chi connectivity index (χ4n) is 0.639. The molecule has 1 unspecified atom stereocenters. The summed E-state index contributed by atoms with van der Waals surface area (Å²) in [7, 11) is 0. The van der Waals surface area contributed by atoms with Crippen LogP contribution in [0.25, 0.3) is 0 Å². The lowest BCUT2D eigenvalue weighted by Crippen LogP contribution is -2.00. The monoisotopic (exact) mass is 304 g/mol. The first-order valence-corrected chi connectivity index (χ1v) is 7.28. The van der Waals surface area contributed by atoms with Gasteiger partial charge in [-0.25, -0.2) is 0 Å². The van der Waals surface area contributed by atoms with Crippen molar-refractivity contribution in [1.82, 2.24) is 0 Å². The molecule has 5 nitrogen and oxygen atoms in total. The van der Waals surface area contributed by atoms with Crippen LogP contribution >= 0.6 is 0 Å². The van der Waals surface area contributed by atoms with E-state index in [1.807, 2.05) is 20.8 Å². The maximum Gasteiger partial charge on any atom is 0.115 e.